The summed E-state index contributed by atoms with van der Waals surface area (Å²) < 4.78 is 63.7. The summed E-state index contributed by atoms with van der Waals surface area (Å²) in [5, 5.41) is 21.2. The summed E-state index contributed by atoms with van der Waals surface area (Å²) in [6, 6.07) is 13.8. The Bertz CT molecular complexity index is 1690. The lowest BCUT2D eigenvalue weighted by Gasteiger charge is -2.17. The molecule has 11 heteroatoms. The van der Waals surface area contributed by atoms with Crippen LogP contribution >= 0.6 is 0 Å². The zero-order chi connectivity index (χ0) is 28.0. The zero-order valence-corrected chi connectivity index (χ0v) is 21.4. The van der Waals surface area contributed by atoms with Crippen LogP contribution in [0.1, 0.15) is 30.4 Å². The minimum absolute atomic E-state index is 0.0287. The number of aromatic nitrogens is 4. The molecule has 0 spiro atoms. The number of aryl methyl sites for hydroxylation is 1. The highest BCUT2D eigenvalue weighted by molar-refractivity contribution is 5.84. The number of rotatable bonds is 6. The molecule has 2 heterocycles. The van der Waals surface area contributed by atoms with E-state index in [2.05, 4.69) is 20.5 Å². The highest BCUT2D eigenvalue weighted by atomic mass is 19.4. The van der Waals surface area contributed by atoms with Gasteiger partial charge in [0, 0.05) is 30.8 Å². The van der Waals surface area contributed by atoms with E-state index in [1.807, 2.05) is 6.07 Å². The molecule has 2 atom stereocenters. The number of aliphatic hydroxyl groups is 1. The van der Waals surface area contributed by atoms with Gasteiger partial charge in [-0.15, -0.1) is 10.2 Å². The minimum Gasteiger partial charge on any atom is -0.435 e. The predicted molar refractivity (Wildman–Crippen MR) is 140 cm³/mol. The Labute approximate surface area is 226 Å². The maximum atomic E-state index is 14.2. The highest BCUT2D eigenvalue weighted by Gasteiger charge is 2.36. The number of alkyl halides is 3. The standard InChI is InChI=1S/C29H25F4N5O2/c1-38-15-35-37-27(38)21-13-19(30)8-9-20(21)17-4-2-5-18(12-17)28-36-24-11-16(14-34-23-6-3-7-25(23)39)10-22(26(24)40-28)29(31,32)33/h2,4-5,8-13,15,23,25,34,39H,3,6-7,14H2,1H3/t23-,25+/m0/s1. The fourth-order valence-corrected chi connectivity index (χ4v) is 5.25. The van der Waals surface area contributed by atoms with E-state index in [9.17, 15) is 22.7 Å². The second-order valence-corrected chi connectivity index (χ2v) is 10.0. The van der Waals surface area contributed by atoms with Crippen molar-refractivity contribution in [3.05, 3.63) is 77.9 Å². The summed E-state index contributed by atoms with van der Waals surface area (Å²) in [4.78, 5) is 4.42. The van der Waals surface area contributed by atoms with Crippen molar-refractivity contribution in [2.75, 3.05) is 0 Å². The zero-order valence-electron chi connectivity index (χ0n) is 21.4. The topological polar surface area (TPSA) is 89.0 Å². The van der Waals surface area contributed by atoms with Crippen molar-refractivity contribution >= 4 is 11.1 Å². The number of hydrogen-bond acceptors (Lipinski definition) is 6. The van der Waals surface area contributed by atoms with E-state index in [1.165, 1.54) is 18.5 Å². The number of nitrogens with one attached hydrogen (secondary N) is 1. The minimum atomic E-state index is -4.65. The van der Waals surface area contributed by atoms with Crippen molar-refractivity contribution in [3.63, 3.8) is 0 Å². The van der Waals surface area contributed by atoms with Gasteiger partial charge in [-0.05, 0) is 72.4 Å². The molecule has 1 aliphatic rings. The van der Waals surface area contributed by atoms with Crippen LogP contribution in [0.3, 0.4) is 0 Å². The van der Waals surface area contributed by atoms with Crippen molar-refractivity contribution in [3.8, 4) is 34.0 Å². The van der Waals surface area contributed by atoms with Gasteiger partial charge in [0.15, 0.2) is 11.4 Å². The van der Waals surface area contributed by atoms with Gasteiger partial charge in [0.25, 0.3) is 0 Å². The van der Waals surface area contributed by atoms with Crippen molar-refractivity contribution < 1.29 is 27.1 Å². The van der Waals surface area contributed by atoms with E-state index in [1.54, 1.807) is 41.9 Å². The number of aliphatic hydroxyl groups excluding tert-OH is 1. The first-order chi connectivity index (χ1) is 19.2. The smallest absolute Gasteiger partial charge is 0.420 e. The van der Waals surface area contributed by atoms with Gasteiger partial charge in [-0.25, -0.2) is 9.37 Å². The van der Waals surface area contributed by atoms with Crippen LogP contribution in [0.2, 0.25) is 0 Å². The highest BCUT2D eigenvalue weighted by Crippen LogP contribution is 2.39. The average Bonchev–Trinajstić information content (AvgIpc) is 3.66. The molecule has 7 nitrogen and oxygen atoms in total. The van der Waals surface area contributed by atoms with Crippen molar-refractivity contribution in [2.24, 2.45) is 7.05 Å². The Morgan fingerprint density at radius 1 is 1.05 bits per heavy atom. The van der Waals surface area contributed by atoms with Gasteiger partial charge in [0.2, 0.25) is 5.89 Å². The van der Waals surface area contributed by atoms with E-state index >= 15 is 0 Å². The summed E-state index contributed by atoms with van der Waals surface area (Å²) in [6.45, 7) is 0.161. The van der Waals surface area contributed by atoms with Gasteiger partial charge < -0.3 is 19.4 Å². The van der Waals surface area contributed by atoms with Crippen LogP contribution in [0.4, 0.5) is 17.6 Å². The lowest BCUT2D eigenvalue weighted by molar-refractivity contribution is -0.136. The third-order valence-corrected chi connectivity index (χ3v) is 7.26. The Hall–Kier alpha value is -4.09. The molecule has 0 bridgehead atoms. The Morgan fingerprint density at radius 3 is 2.60 bits per heavy atom. The molecule has 2 N–H and O–H groups in total. The molecule has 0 aliphatic heterocycles. The van der Waals surface area contributed by atoms with Crippen LogP contribution in [-0.4, -0.2) is 37.0 Å². The number of halogens is 4. The Kier molecular flexibility index (Phi) is 6.63. The van der Waals surface area contributed by atoms with Gasteiger partial charge in [-0.1, -0.05) is 18.2 Å². The third kappa shape index (κ3) is 4.98. The van der Waals surface area contributed by atoms with E-state index in [4.69, 9.17) is 4.42 Å². The summed E-state index contributed by atoms with van der Waals surface area (Å²) in [7, 11) is 1.75. The van der Waals surface area contributed by atoms with Crippen molar-refractivity contribution in [1.29, 1.82) is 0 Å². The third-order valence-electron chi connectivity index (χ3n) is 7.26. The molecule has 2 aromatic heterocycles. The maximum Gasteiger partial charge on any atom is 0.420 e. The predicted octanol–water partition coefficient (Wildman–Crippen LogP) is 6.12. The van der Waals surface area contributed by atoms with Gasteiger partial charge in [-0.3, -0.25) is 0 Å². The van der Waals surface area contributed by atoms with Crippen LogP contribution in [0.5, 0.6) is 0 Å². The lowest BCUT2D eigenvalue weighted by Crippen LogP contribution is -2.35. The second-order valence-electron chi connectivity index (χ2n) is 10.0. The van der Waals surface area contributed by atoms with Gasteiger partial charge in [0.05, 0.1) is 6.10 Å². The molecule has 3 aromatic carbocycles. The molecule has 1 fully saturated rings. The Balaban J connectivity index is 1.39. The normalized spacial score (nSPS) is 17.6. The van der Waals surface area contributed by atoms with Crippen molar-refractivity contribution in [1.82, 2.24) is 25.1 Å². The monoisotopic (exact) mass is 551 g/mol. The molecule has 0 saturated heterocycles. The molecule has 1 saturated carbocycles. The number of hydrogen-bond donors (Lipinski definition) is 2. The number of oxazole rings is 1. The SMILES string of the molecule is Cn1cnnc1-c1cc(F)ccc1-c1cccc(-c2nc3cc(CN[C@H]4CCC[C@H]4O)cc(C(F)(F)F)c3o2)c1. The Morgan fingerprint density at radius 2 is 1.88 bits per heavy atom. The lowest BCUT2D eigenvalue weighted by atomic mass is 9.97. The largest absolute Gasteiger partial charge is 0.435 e. The fraction of sp³-hybridized carbons (Fsp3) is 0.276. The second kappa shape index (κ2) is 10.1. The molecular formula is C29H25F4N5O2. The average molecular weight is 552 g/mol. The molecule has 0 radical (unpaired) electrons. The molecule has 5 aromatic rings. The van der Waals surface area contributed by atoms with Crippen LogP contribution in [-0.2, 0) is 19.8 Å². The summed E-state index contributed by atoms with van der Waals surface area (Å²) in [6.07, 6.45) is -1.34. The van der Waals surface area contributed by atoms with Crippen LogP contribution in [0.25, 0.3) is 45.1 Å². The van der Waals surface area contributed by atoms with Gasteiger partial charge in [-0.2, -0.15) is 13.2 Å². The molecule has 0 amide bonds. The van der Waals surface area contributed by atoms with Gasteiger partial charge in [0.1, 0.15) is 23.2 Å². The number of nitrogens with zero attached hydrogens (tertiary/aromatic N) is 4. The van der Waals surface area contributed by atoms with Gasteiger partial charge >= 0.3 is 6.18 Å². The van der Waals surface area contributed by atoms with Crippen LogP contribution in [0.15, 0.2) is 65.3 Å². The fourth-order valence-electron chi connectivity index (χ4n) is 5.25. The molecule has 206 valence electrons. The molecule has 40 heavy (non-hydrogen) atoms. The number of benzene rings is 3. The number of fused-ring (bicyclic) bond motifs is 1. The molecule has 6 rings (SSSR count). The van der Waals surface area contributed by atoms with E-state index in [0.717, 1.165) is 18.9 Å². The first-order valence-electron chi connectivity index (χ1n) is 12.8. The first-order valence-corrected chi connectivity index (χ1v) is 12.8. The quantitative estimate of drug-likeness (QED) is 0.247. The van der Waals surface area contributed by atoms with E-state index in [-0.39, 0.29) is 29.6 Å². The maximum absolute atomic E-state index is 14.2. The molecular weight excluding hydrogens is 526 g/mol. The van der Waals surface area contributed by atoms with E-state index in [0.29, 0.717) is 40.1 Å². The first kappa shape index (κ1) is 26.1. The molecule has 1 aliphatic carbocycles. The summed E-state index contributed by atoms with van der Waals surface area (Å²) >= 11 is 0. The summed E-state index contributed by atoms with van der Waals surface area (Å²) in [5.41, 5.74) is 1.53. The van der Waals surface area contributed by atoms with E-state index < -0.39 is 23.7 Å². The van der Waals surface area contributed by atoms with Crippen LogP contribution < -0.4 is 5.32 Å². The van der Waals surface area contributed by atoms with Crippen LogP contribution in [0, 0.1) is 5.82 Å². The van der Waals surface area contributed by atoms with Crippen molar-refractivity contribution in [2.45, 2.75) is 44.1 Å². The molecule has 0 unspecified atom stereocenters. The summed E-state index contributed by atoms with van der Waals surface area (Å²) in [5.74, 6) is 0.0492.